The Bertz CT molecular complexity index is 406. The van der Waals surface area contributed by atoms with E-state index in [0.717, 1.165) is 12.5 Å². The molecule has 0 radical (unpaired) electrons. The van der Waals surface area contributed by atoms with Gasteiger partial charge in [-0.25, -0.2) is 0 Å². The summed E-state index contributed by atoms with van der Waals surface area (Å²) >= 11 is 0. The molecule has 2 N–H and O–H groups in total. The van der Waals surface area contributed by atoms with Gasteiger partial charge in [-0.15, -0.1) is 0 Å². The van der Waals surface area contributed by atoms with E-state index in [2.05, 4.69) is 5.32 Å². The predicted octanol–water partition coefficient (Wildman–Crippen LogP) is 2.82. The summed E-state index contributed by atoms with van der Waals surface area (Å²) in [7, 11) is 0. The lowest BCUT2D eigenvalue weighted by Crippen LogP contribution is -2.39. The van der Waals surface area contributed by atoms with Crippen LogP contribution in [0.25, 0.3) is 0 Å². The molecule has 0 aromatic heterocycles. The van der Waals surface area contributed by atoms with Crippen molar-refractivity contribution in [2.24, 2.45) is 5.92 Å². The van der Waals surface area contributed by atoms with Crippen LogP contribution in [0.4, 0.5) is 13.2 Å². The Morgan fingerprint density at radius 1 is 1.32 bits per heavy atom. The molecule has 2 atom stereocenters. The number of carboxylic acids is 1. The third kappa shape index (κ3) is 5.30. The van der Waals surface area contributed by atoms with Crippen molar-refractivity contribution in [3.63, 3.8) is 0 Å². The molecular formula is C13H16F3NO2. The zero-order valence-corrected chi connectivity index (χ0v) is 10.4. The Hall–Kier alpha value is -1.56. The fraction of sp³-hybridized carbons (Fsp3) is 0.462. The highest BCUT2D eigenvalue weighted by atomic mass is 19.4. The van der Waals surface area contributed by atoms with E-state index in [-0.39, 0.29) is 6.54 Å². The number of nitrogens with one attached hydrogen (secondary N) is 1. The number of benzene rings is 1. The highest BCUT2D eigenvalue weighted by Crippen LogP contribution is 2.29. The first-order valence-corrected chi connectivity index (χ1v) is 5.87. The molecule has 0 bridgehead atoms. The van der Waals surface area contributed by atoms with Crippen LogP contribution in [0, 0.1) is 5.92 Å². The third-order valence-electron chi connectivity index (χ3n) is 2.84. The van der Waals surface area contributed by atoms with E-state index in [0.29, 0.717) is 0 Å². The number of rotatable bonds is 6. The van der Waals surface area contributed by atoms with E-state index in [1.165, 1.54) is 0 Å². The van der Waals surface area contributed by atoms with Crippen LogP contribution in [-0.4, -0.2) is 23.3 Å². The molecule has 0 aliphatic carbocycles. The van der Waals surface area contributed by atoms with Gasteiger partial charge in [0, 0.05) is 6.54 Å². The maximum absolute atomic E-state index is 12.4. The first-order chi connectivity index (χ1) is 8.80. The minimum atomic E-state index is -4.37. The summed E-state index contributed by atoms with van der Waals surface area (Å²) in [5.74, 6) is -2.93. The topological polar surface area (TPSA) is 49.3 Å². The lowest BCUT2D eigenvalue weighted by atomic mass is 10.0. The summed E-state index contributed by atoms with van der Waals surface area (Å²) in [5.41, 5.74) is 0.827. The molecule has 1 aromatic rings. The summed E-state index contributed by atoms with van der Waals surface area (Å²) in [5, 5.41) is 11.6. The van der Waals surface area contributed by atoms with Crippen LogP contribution in [0.1, 0.15) is 18.9 Å². The van der Waals surface area contributed by atoms with Crippen molar-refractivity contribution in [2.45, 2.75) is 32.1 Å². The van der Waals surface area contributed by atoms with Gasteiger partial charge in [-0.1, -0.05) is 37.3 Å². The van der Waals surface area contributed by atoms with Crippen LogP contribution in [0.3, 0.4) is 0 Å². The van der Waals surface area contributed by atoms with Gasteiger partial charge in [-0.05, 0) is 12.0 Å². The minimum Gasteiger partial charge on any atom is -0.480 e. The van der Waals surface area contributed by atoms with Crippen molar-refractivity contribution in [2.75, 3.05) is 0 Å². The second-order valence-electron chi connectivity index (χ2n) is 4.44. The Morgan fingerprint density at radius 2 is 1.89 bits per heavy atom. The van der Waals surface area contributed by atoms with Gasteiger partial charge in [-0.2, -0.15) is 13.2 Å². The summed E-state index contributed by atoms with van der Waals surface area (Å²) in [6, 6.07) is 7.72. The normalized spacial score (nSPS) is 14.9. The van der Waals surface area contributed by atoms with E-state index in [9.17, 15) is 18.0 Å². The number of carboxylic acid groups (broad SMARTS) is 1. The van der Waals surface area contributed by atoms with Gasteiger partial charge in [0.15, 0.2) is 0 Å². The van der Waals surface area contributed by atoms with Crippen molar-refractivity contribution in [1.82, 2.24) is 5.32 Å². The quantitative estimate of drug-likeness (QED) is 0.839. The van der Waals surface area contributed by atoms with Crippen molar-refractivity contribution in [3.8, 4) is 0 Å². The number of aliphatic carboxylic acids is 1. The van der Waals surface area contributed by atoms with Crippen molar-refractivity contribution in [1.29, 1.82) is 0 Å². The van der Waals surface area contributed by atoms with Gasteiger partial charge in [-0.3, -0.25) is 4.79 Å². The van der Waals surface area contributed by atoms with Crippen LogP contribution >= 0.6 is 0 Å². The fourth-order valence-corrected chi connectivity index (χ4v) is 1.60. The number of halogens is 3. The Morgan fingerprint density at radius 3 is 2.37 bits per heavy atom. The van der Waals surface area contributed by atoms with Gasteiger partial charge in [0.2, 0.25) is 0 Å². The minimum absolute atomic E-state index is 0.225. The highest BCUT2D eigenvalue weighted by molar-refractivity contribution is 5.73. The molecule has 1 aromatic carbocycles. The molecule has 0 heterocycles. The van der Waals surface area contributed by atoms with E-state index in [1.54, 1.807) is 24.3 Å². The first kappa shape index (κ1) is 15.5. The molecule has 3 nitrogen and oxygen atoms in total. The molecule has 19 heavy (non-hydrogen) atoms. The monoisotopic (exact) mass is 275 g/mol. The number of carbonyl (C=O) groups is 1. The molecule has 0 aliphatic rings. The number of hydrogen-bond acceptors (Lipinski definition) is 2. The summed E-state index contributed by atoms with van der Waals surface area (Å²) in [6.45, 7) is 1.21. The average Bonchev–Trinajstić information content (AvgIpc) is 2.33. The molecule has 6 heteroatoms. The zero-order chi connectivity index (χ0) is 14.5. The fourth-order valence-electron chi connectivity index (χ4n) is 1.60. The van der Waals surface area contributed by atoms with E-state index in [4.69, 9.17) is 5.11 Å². The van der Waals surface area contributed by atoms with Gasteiger partial charge < -0.3 is 10.4 Å². The SMILES string of the molecule is CC(CC(NCc1ccccc1)C(=O)O)C(F)(F)F. The summed E-state index contributed by atoms with van der Waals surface area (Å²) in [6.07, 6.45) is -4.85. The van der Waals surface area contributed by atoms with Gasteiger partial charge in [0.05, 0.1) is 5.92 Å². The van der Waals surface area contributed by atoms with Gasteiger partial charge in [0.1, 0.15) is 6.04 Å². The van der Waals surface area contributed by atoms with Crippen LogP contribution in [-0.2, 0) is 11.3 Å². The van der Waals surface area contributed by atoms with E-state index in [1.807, 2.05) is 6.07 Å². The second-order valence-corrected chi connectivity index (χ2v) is 4.44. The molecule has 2 unspecified atom stereocenters. The summed E-state index contributed by atoms with van der Waals surface area (Å²) in [4.78, 5) is 11.0. The molecular weight excluding hydrogens is 259 g/mol. The number of hydrogen-bond donors (Lipinski definition) is 2. The van der Waals surface area contributed by atoms with Crippen molar-refractivity contribution >= 4 is 5.97 Å². The Balaban J connectivity index is 2.57. The Kier molecular flexibility index (Phi) is 5.35. The third-order valence-corrected chi connectivity index (χ3v) is 2.84. The largest absolute Gasteiger partial charge is 0.480 e. The zero-order valence-electron chi connectivity index (χ0n) is 10.4. The smallest absolute Gasteiger partial charge is 0.391 e. The van der Waals surface area contributed by atoms with E-state index >= 15 is 0 Å². The van der Waals surface area contributed by atoms with Crippen LogP contribution in [0.15, 0.2) is 30.3 Å². The van der Waals surface area contributed by atoms with Gasteiger partial charge in [0.25, 0.3) is 0 Å². The number of alkyl halides is 3. The highest BCUT2D eigenvalue weighted by Gasteiger charge is 2.38. The van der Waals surface area contributed by atoms with Crippen LogP contribution in [0.5, 0.6) is 0 Å². The molecule has 0 saturated carbocycles. The molecule has 0 amide bonds. The summed E-state index contributed by atoms with van der Waals surface area (Å²) < 4.78 is 37.2. The molecule has 0 fully saturated rings. The van der Waals surface area contributed by atoms with Crippen LogP contribution in [0.2, 0.25) is 0 Å². The average molecular weight is 275 g/mol. The van der Waals surface area contributed by atoms with Crippen molar-refractivity contribution in [3.05, 3.63) is 35.9 Å². The molecule has 0 saturated heterocycles. The maximum atomic E-state index is 12.4. The molecule has 1 rings (SSSR count). The standard InChI is InChI=1S/C13H16F3NO2/c1-9(13(14,15)16)7-11(12(18)19)17-8-10-5-3-2-4-6-10/h2-6,9,11,17H,7-8H2,1H3,(H,18,19). The second kappa shape index (κ2) is 6.56. The van der Waals surface area contributed by atoms with Gasteiger partial charge >= 0.3 is 12.1 Å². The molecule has 0 spiro atoms. The maximum Gasteiger partial charge on any atom is 0.391 e. The predicted molar refractivity (Wildman–Crippen MR) is 64.5 cm³/mol. The lowest BCUT2D eigenvalue weighted by Gasteiger charge is -2.21. The van der Waals surface area contributed by atoms with Crippen LogP contribution < -0.4 is 5.32 Å². The molecule has 106 valence electrons. The van der Waals surface area contributed by atoms with Crippen molar-refractivity contribution < 1.29 is 23.1 Å². The van der Waals surface area contributed by atoms with E-state index < -0.39 is 30.5 Å². The molecule has 0 aliphatic heterocycles. The lowest BCUT2D eigenvalue weighted by molar-refractivity contribution is -0.174. The first-order valence-electron chi connectivity index (χ1n) is 5.87. The Labute approximate surface area is 109 Å².